The summed E-state index contributed by atoms with van der Waals surface area (Å²) in [5.74, 6) is -14.4. The number of hydrogen-bond donors (Lipinski definition) is 0. The minimum absolute atomic E-state index is 0.0105. The number of rotatable bonds is 8. The number of halogens is 7. The first kappa shape index (κ1) is 23.0. The third kappa shape index (κ3) is 4.84. The average Bonchev–Trinajstić information content (AvgIpc) is 2.58. The van der Waals surface area contributed by atoms with E-state index in [1.165, 1.54) is 21.0 Å². The molecule has 154 valence electrons. The van der Waals surface area contributed by atoms with Crippen LogP contribution in [-0.2, 0) is 11.2 Å². The molecule has 0 N–H and O–H groups in total. The number of ether oxygens (including phenoxy) is 1. The molecule has 0 aliphatic heterocycles. The normalized spacial score (nSPS) is 14.0. The maximum Gasteiger partial charge on any atom is 0.460 e. The number of carbonyl (C=O) groups excluding carboxylic acids is 1. The van der Waals surface area contributed by atoms with Gasteiger partial charge in [-0.3, -0.25) is 4.79 Å². The quantitative estimate of drug-likeness (QED) is 0.589. The summed E-state index contributed by atoms with van der Waals surface area (Å²) in [5.41, 5.74) is 0.572. The van der Waals surface area contributed by atoms with E-state index in [1.54, 1.807) is 24.3 Å². The van der Waals surface area contributed by atoms with Crippen LogP contribution >= 0.6 is 0 Å². The Morgan fingerprint density at radius 2 is 1.59 bits per heavy atom. The van der Waals surface area contributed by atoms with E-state index in [4.69, 9.17) is 4.74 Å². The molecule has 1 amide bonds. The Labute approximate surface area is 152 Å². The lowest BCUT2D eigenvalue weighted by atomic mass is 10.0. The molecule has 1 aromatic carbocycles. The van der Waals surface area contributed by atoms with Gasteiger partial charge in [0.1, 0.15) is 5.75 Å². The highest BCUT2D eigenvalue weighted by atomic mass is 19.4. The molecule has 0 aliphatic rings. The van der Waals surface area contributed by atoms with Crippen molar-refractivity contribution in [3.8, 4) is 5.75 Å². The van der Waals surface area contributed by atoms with Crippen LogP contribution in [0.1, 0.15) is 25.8 Å². The van der Waals surface area contributed by atoms with Gasteiger partial charge in [-0.15, -0.1) is 0 Å². The monoisotopic (exact) mass is 403 g/mol. The average molecular weight is 403 g/mol. The summed E-state index contributed by atoms with van der Waals surface area (Å²) in [5, 5.41) is 0. The van der Waals surface area contributed by atoms with Gasteiger partial charge in [0.15, 0.2) is 0 Å². The SMILES string of the molecule is CCCN(C(=O)C(F)(F)C(F)(F)C(F)(F)F)C(C)Cc1ccc(OC)cc1. The van der Waals surface area contributed by atoms with E-state index in [0.29, 0.717) is 16.2 Å². The second-order valence-corrected chi connectivity index (χ2v) is 6.05. The van der Waals surface area contributed by atoms with E-state index in [1.807, 2.05) is 0 Å². The molecule has 3 nitrogen and oxygen atoms in total. The number of benzene rings is 1. The second kappa shape index (κ2) is 8.35. The van der Waals surface area contributed by atoms with Gasteiger partial charge in [-0.25, -0.2) is 0 Å². The van der Waals surface area contributed by atoms with Gasteiger partial charge in [-0.2, -0.15) is 30.7 Å². The van der Waals surface area contributed by atoms with Crippen LogP contribution in [-0.4, -0.2) is 48.5 Å². The molecule has 0 radical (unpaired) electrons. The molecule has 0 bridgehead atoms. The topological polar surface area (TPSA) is 29.5 Å². The lowest BCUT2D eigenvalue weighted by Gasteiger charge is -2.35. The van der Waals surface area contributed by atoms with Crippen LogP contribution in [0.4, 0.5) is 30.7 Å². The van der Waals surface area contributed by atoms with Crippen molar-refractivity contribution in [1.29, 1.82) is 0 Å². The first-order chi connectivity index (χ1) is 12.3. The van der Waals surface area contributed by atoms with E-state index >= 15 is 0 Å². The Balaban J connectivity index is 3.09. The molecule has 0 heterocycles. The zero-order valence-electron chi connectivity index (χ0n) is 14.9. The number of amides is 1. The Morgan fingerprint density at radius 3 is 2.00 bits per heavy atom. The van der Waals surface area contributed by atoms with Gasteiger partial charge in [0.05, 0.1) is 7.11 Å². The highest BCUT2D eigenvalue weighted by Crippen LogP contribution is 2.47. The van der Waals surface area contributed by atoms with Crippen LogP contribution < -0.4 is 4.74 Å². The molecular weight excluding hydrogens is 383 g/mol. The fraction of sp³-hybridized carbons (Fsp3) is 0.588. The standard InChI is InChI=1S/C17H20F7NO2/c1-4-9-25(11(2)10-12-5-7-13(27-3)8-6-12)14(26)15(18,19)16(20,21)17(22,23)24/h5-8,11H,4,9-10H2,1-3H3. The van der Waals surface area contributed by atoms with Crippen molar-refractivity contribution in [2.45, 2.75) is 50.8 Å². The van der Waals surface area contributed by atoms with Crippen LogP contribution in [0.3, 0.4) is 0 Å². The third-order valence-corrected chi connectivity index (χ3v) is 3.97. The molecule has 0 aliphatic carbocycles. The van der Waals surface area contributed by atoms with Crippen LogP contribution in [0.5, 0.6) is 5.75 Å². The first-order valence-electron chi connectivity index (χ1n) is 8.06. The van der Waals surface area contributed by atoms with E-state index in [0.717, 1.165) is 0 Å². The van der Waals surface area contributed by atoms with Crippen molar-refractivity contribution >= 4 is 5.91 Å². The summed E-state index contributed by atoms with van der Waals surface area (Å²) >= 11 is 0. The molecule has 1 rings (SSSR count). The van der Waals surface area contributed by atoms with Gasteiger partial charge < -0.3 is 9.64 Å². The van der Waals surface area contributed by atoms with Crippen molar-refractivity contribution in [2.75, 3.05) is 13.7 Å². The molecule has 27 heavy (non-hydrogen) atoms. The predicted octanol–water partition coefficient (Wildman–Crippen LogP) is 4.70. The predicted molar refractivity (Wildman–Crippen MR) is 84.1 cm³/mol. The largest absolute Gasteiger partial charge is 0.497 e. The number of nitrogens with zero attached hydrogens (tertiary/aromatic N) is 1. The molecule has 1 atom stereocenters. The van der Waals surface area contributed by atoms with Crippen LogP contribution in [0, 0.1) is 0 Å². The maximum atomic E-state index is 13.8. The summed E-state index contributed by atoms with van der Waals surface area (Å²) in [6, 6.07) is 5.26. The van der Waals surface area contributed by atoms with Gasteiger partial charge in [-0.05, 0) is 37.5 Å². The Bertz CT molecular complexity index is 629. The smallest absolute Gasteiger partial charge is 0.460 e. The highest BCUT2D eigenvalue weighted by Gasteiger charge is 2.77. The lowest BCUT2D eigenvalue weighted by molar-refractivity contribution is -0.346. The molecule has 0 aromatic heterocycles. The van der Waals surface area contributed by atoms with Crippen molar-refractivity contribution in [1.82, 2.24) is 4.90 Å². The number of methoxy groups -OCH3 is 1. The van der Waals surface area contributed by atoms with E-state index in [-0.39, 0.29) is 19.4 Å². The van der Waals surface area contributed by atoms with Crippen molar-refractivity contribution in [3.05, 3.63) is 29.8 Å². The van der Waals surface area contributed by atoms with Crippen LogP contribution in [0.2, 0.25) is 0 Å². The fourth-order valence-corrected chi connectivity index (χ4v) is 2.47. The molecular formula is C17H20F7NO2. The molecule has 0 saturated heterocycles. The van der Waals surface area contributed by atoms with Gasteiger partial charge in [0.2, 0.25) is 0 Å². The Hall–Kier alpha value is -2.00. The van der Waals surface area contributed by atoms with E-state index in [9.17, 15) is 35.5 Å². The van der Waals surface area contributed by atoms with E-state index in [2.05, 4.69) is 0 Å². The molecule has 10 heteroatoms. The Kier molecular flexibility index (Phi) is 7.12. The zero-order chi connectivity index (χ0) is 21.0. The maximum absolute atomic E-state index is 13.8. The minimum atomic E-state index is -6.55. The molecule has 1 aromatic rings. The summed E-state index contributed by atoms with van der Waals surface area (Å²) in [7, 11) is 1.43. The Morgan fingerprint density at radius 1 is 1.07 bits per heavy atom. The van der Waals surface area contributed by atoms with Gasteiger partial charge in [0.25, 0.3) is 5.91 Å². The minimum Gasteiger partial charge on any atom is -0.497 e. The van der Waals surface area contributed by atoms with Crippen LogP contribution in [0.25, 0.3) is 0 Å². The number of alkyl halides is 7. The number of hydrogen-bond acceptors (Lipinski definition) is 2. The summed E-state index contributed by atoms with van der Waals surface area (Å²) < 4.78 is 96.0. The first-order valence-corrected chi connectivity index (χ1v) is 8.06. The van der Waals surface area contributed by atoms with E-state index < -0.39 is 30.0 Å². The summed E-state index contributed by atoms with van der Waals surface area (Å²) in [6.07, 6.45) is -6.46. The molecule has 1 unspecified atom stereocenters. The van der Waals surface area contributed by atoms with Crippen LogP contribution in [0.15, 0.2) is 24.3 Å². The summed E-state index contributed by atoms with van der Waals surface area (Å²) in [4.78, 5) is 12.3. The zero-order valence-corrected chi connectivity index (χ0v) is 14.9. The molecule has 0 spiro atoms. The fourth-order valence-electron chi connectivity index (χ4n) is 2.47. The lowest BCUT2D eigenvalue weighted by Crippen LogP contribution is -2.61. The van der Waals surface area contributed by atoms with Crippen molar-refractivity contribution in [3.63, 3.8) is 0 Å². The highest BCUT2D eigenvalue weighted by molar-refractivity contribution is 5.85. The second-order valence-electron chi connectivity index (χ2n) is 6.05. The molecule has 0 saturated carbocycles. The van der Waals surface area contributed by atoms with Gasteiger partial charge in [0, 0.05) is 12.6 Å². The third-order valence-electron chi connectivity index (χ3n) is 3.97. The van der Waals surface area contributed by atoms with Crippen molar-refractivity contribution < 1.29 is 40.3 Å². The van der Waals surface area contributed by atoms with Crippen molar-refractivity contribution in [2.24, 2.45) is 0 Å². The van der Waals surface area contributed by atoms with Gasteiger partial charge in [-0.1, -0.05) is 19.1 Å². The summed E-state index contributed by atoms with van der Waals surface area (Å²) in [6.45, 7) is 2.40. The molecule has 0 fully saturated rings. The number of carbonyl (C=O) groups is 1. The van der Waals surface area contributed by atoms with Gasteiger partial charge >= 0.3 is 18.0 Å².